The third-order valence-corrected chi connectivity index (χ3v) is 5.33. The van der Waals surface area contributed by atoms with Gasteiger partial charge in [0.2, 0.25) is 0 Å². The van der Waals surface area contributed by atoms with Crippen molar-refractivity contribution in [1.29, 1.82) is 0 Å². The topological polar surface area (TPSA) is 61.4 Å². The van der Waals surface area contributed by atoms with Crippen molar-refractivity contribution in [2.45, 2.75) is 18.8 Å². The summed E-state index contributed by atoms with van der Waals surface area (Å²) in [5.74, 6) is -0.336. The molecule has 130 valence electrons. The van der Waals surface area contributed by atoms with Gasteiger partial charge in [-0.3, -0.25) is 4.79 Å². The Hall–Kier alpha value is -1.82. The number of carbonyl (C=O) groups excluding carboxylic acids is 1. The molecule has 25 heavy (non-hydrogen) atoms. The van der Waals surface area contributed by atoms with Crippen LogP contribution in [0.25, 0.3) is 6.08 Å². The van der Waals surface area contributed by atoms with Crippen LogP contribution in [0.2, 0.25) is 10.0 Å². The third kappa shape index (κ3) is 4.24. The molecule has 1 amide bonds. The molecule has 3 N–H and O–H groups in total. The maximum atomic E-state index is 12.2. The number of phenols is 1. The number of carbonyl (C=O) groups is 1. The first-order valence-corrected chi connectivity index (χ1v) is 9.32. The number of aryl methyl sites for hydroxylation is 1. The Bertz CT molecular complexity index is 814. The van der Waals surface area contributed by atoms with E-state index in [4.69, 9.17) is 23.2 Å². The van der Waals surface area contributed by atoms with Gasteiger partial charge in [-0.2, -0.15) is 0 Å². The maximum absolute atomic E-state index is 12.2. The van der Waals surface area contributed by atoms with Crippen LogP contribution in [0, 0.1) is 0 Å². The first-order chi connectivity index (χ1) is 12.0. The molecule has 0 saturated carbocycles. The molecule has 1 saturated heterocycles. The van der Waals surface area contributed by atoms with E-state index >= 15 is 0 Å². The second-order valence-electron chi connectivity index (χ2n) is 5.51. The summed E-state index contributed by atoms with van der Waals surface area (Å²) in [4.78, 5) is 12.7. The quantitative estimate of drug-likeness (QED) is 0.647. The highest BCUT2D eigenvalue weighted by molar-refractivity contribution is 8.05. The molecule has 0 unspecified atom stereocenters. The first kappa shape index (κ1) is 18.0. The van der Waals surface area contributed by atoms with Crippen LogP contribution in [0.1, 0.15) is 18.1 Å². The number of benzene rings is 2. The van der Waals surface area contributed by atoms with Gasteiger partial charge in [0.1, 0.15) is 0 Å². The van der Waals surface area contributed by atoms with E-state index in [-0.39, 0.29) is 27.2 Å². The summed E-state index contributed by atoms with van der Waals surface area (Å²) >= 11 is 13.2. The molecule has 0 aromatic heterocycles. The number of aromatic hydroxyl groups is 1. The Balaban J connectivity index is 1.73. The molecule has 4 nitrogen and oxygen atoms in total. The average molecular weight is 395 g/mol. The molecule has 0 aliphatic carbocycles. The fourth-order valence-corrected chi connectivity index (χ4v) is 3.86. The van der Waals surface area contributed by atoms with Crippen molar-refractivity contribution in [2.75, 3.05) is 5.32 Å². The average Bonchev–Trinajstić information content (AvgIpc) is 2.92. The van der Waals surface area contributed by atoms with Crippen LogP contribution in [0.15, 0.2) is 41.3 Å². The summed E-state index contributed by atoms with van der Waals surface area (Å²) in [6.45, 7) is 2.11. The van der Waals surface area contributed by atoms with Crippen molar-refractivity contribution >= 4 is 52.6 Å². The summed E-state index contributed by atoms with van der Waals surface area (Å²) in [5.41, 5.74) is 2.59. The summed E-state index contributed by atoms with van der Waals surface area (Å²) in [7, 11) is 0. The predicted octanol–water partition coefficient (Wildman–Crippen LogP) is 4.86. The Morgan fingerprint density at radius 2 is 1.88 bits per heavy atom. The fraction of sp³-hybridized carbons (Fsp3) is 0.167. The van der Waals surface area contributed by atoms with Gasteiger partial charge >= 0.3 is 0 Å². The minimum absolute atomic E-state index is 0.147. The second kappa shape index (κ2) is 7.60. The van der Waals surface area contributed by atoms with Gasteiger partial charge < -0.3 is 15.7 Å². The van der Waals surface area contributed by atoms with E-state index in [9.17, 15) is 9.90 Å². The van der Waals surface area contributed by atoms with Crippen molar-refractivity contribution in [3.05, 3.63) is 62.5 Å². The van der Waals surface area contributed by atoms with E-state index in [1.54, 1.807) is 18.2 Å². The molecule has 1 heterocycles. The smallest absolute Gasteiger partial charge is 0.260 e. The molecular weight excluding hydrogens is 379 g/mol. The van der Waals surface area contributed by atoms with Gasteiger partial charge in [-0.1, -0.05) is 54.0 Å². The zero-order valence-electron chi connectivity index (χ0n) is 13.3. The van der Waals surface area contributed by atoms with E-state index in [2.05, 4.69) is 29.7 Å². The van der Waals surface area contributed by atoms with Crippen LogP contribution in [0.4, 0.5) is 5.69 Å². The molecule has 2 aromatic rings. The van der Waals surface area contributed by atoms with E-state index in [0.29, 0.717) is 10.5 Å². The lowest BCUT2D eigenvalue weighted by Crippen LogP contribution is -2.30. The highest BCUT2D eigenvalue weighted by Gasteiger charge is 2.27. The van der Waals surface area contributed by atoms with Crippen LogP contribution >= 0.6 is 35.0 Å². The van der Waals surface area contributed by atoms with Crippen molar-refractivity contribution in [1.82, 2.24) is 5.32 Å². The minimum Gasteiger partial charge on any atom is -0.505 e. The van der Waals surface area contributed by atoms with Gasteiger partial charge in [-0.15, -0.1) is 0 Å². The van der Waals surface area contributed by atoms with Gasteiger partial charge in [0.15, 0.2) is 11.2 Å². The summed E-state index contributed by atoms with van der Waals surface area (Å²) in [5, 5.41) is 16.0. The van der Waals surface area contributed by atoms with E-state index in [1.165, 1.54) is 17.3 Å². The fourth-order valence-electron chi connectivity index (χ4n) is 2.37. The van der Waals surface area contributed by atoms with Gasteiger partial charge in [0, 0.05) is 5.69 Å². The molecule has 0 bridgehead atoms. The zero-order chi connectivity index (χ0) is 18.0. The molecule has 1 aliphatic rings. The SMILES string of the molecule is CCc1ccc(N[C@H]2NC(=O)/C(=C/c3cc(Cl)c(O)c(Cl)c3)S2)cc1. The van der Waals surface area contributed by atoms with Gasteiger partial charge in [0.05, 0.1) is 15.0 Å². The lowest BCUT2D eigenvalue weighted by atomic mass is 10.1. The minimum atomic E-state index is -0.255. The number of anilines is 1. The van der Waals surface area contributed by atoms with Crippen LogP contribution in [0.5, 0.6) is 5.75 Å². The normalized spacial score (nSPS) is 18.4. The highest BCUT2D eigenvalue weighted by Crippen LogP contribution is 2.35. The summed E-state index contributed by atoms with van der Waals surface area (Å²) < 4.78 is 0. The standard InChI is InChI=1S/C18H16Cl2N2O2S/c1-2-10-3-5-12(6-4-10)21-18-22-17(24)15(25-18)9-11-7-13(19)16(23)14(20)8-11/h3-9,18,21,23H,2H2,1H3,(H,22,24)/b15-9-/t18-/m0/s1. The lowest BCUT2D eigenvalue weighted by Gasteiger charge is -2.12. The Kier molecular flexibility index (Phi) is 5.47. The second-order valence-corrected chi connectivity index (χ2v) is 7.47. The first-order valence-electron chi connectivity index (χ1n) is 7.69. The Morgan fingerprint density at radius 3 is 2.48 bits per heavy atom. The predicted molar refractivity (Wildman–Crippen MR) is 105 cm³/mol. The molecule has 3 rings (SSSR count). The van der Waals surface area contributed by atoms with Crippen molar-refractivity contribution in [2.24, 2.45) is 0 Å². The summed E-state index contributed by atoms with van der Waals surface area (Å²) in [6, 6.07) is 11.2. The van der Waals surface area contributed by atoms with Crippen molar-refractivity contribution in [3.8, 4) is 5.75 Å². The monoisotopic (exact) mass is 394 g/mol. The summed E-state index contributed by atoms with van der Waals surface area (Å²) in [6.07, 6.45) is 2.68. The third-order valence-electron chi connectivity index (χ3n) is 3.73. The highest BCUT2D eigenvalue weighted by atomic mass is 35.5. The zero-order valence-corrected chi connectivity index (χ0v) is 15.7. The van der Waals surface area contributed by atoms with Crippen LogP contribution < -0.4 is 10.6 Å². The van der Waals surface area contributed by atoms with Crippen molar-refractivity contribution in [3.63, 3.8) is 0 Å². The number of nitrogens with one attached hydrogen (secondary N) is 2. The van der Waals surface area contributed by atoms with E-state index in [0.717, 1.165) is 12.1 Å². The number of rotatable bonds is 4. The van der Waals surface area contributed by atoms with Crippen LogP contribution in [-0.4, -0.2) is 16.5 Å². The van der Waals surface area contributed by atoms with Crippen molar-refractivity contribution < 1.29 is 9.90 Å². The largest absolute Gasteiger partial charge is 0.505 e. The Morgan fingerprint density at radius 1 is 1.24 bits per heavy atom. The number of thioether (sulfide) groups is 1. The van der Waals surface area contributed by atoms with Crippen LogP contribution in [0.3, 0.4) is 0 Å². The molecule has 1 fully saturated rings. The number of hydrogen-bond donors (Lipinski definition) is 3. The molecule has 0 spiro atoms. The van der Waals surface area contributed by atoms with E-state index in [1.807, 2.05) is 12.1 Å². The molecule has 1 atom stereocenters. The van der Waals surface area contributed by atoms with Crippen LogP contribution in [-0.2, 0) is 11.2 Å². The van der Waals surface area contributed by atoms with Gasteiger partial charge in [-0.25, -0.2) is 0 Å². The van der Waals surface area contributed by atoms with E-state index < -0.39 is 0 Å². The molecule has 7 heteroatoms. The van der Waals surface area contributed by atoms with Gasteiger partial charge in [-0.05, 0) is 47.9 Å². The molecule has 2 aromatic carbocycles. The maximum Gasteiger partial charge on any atom is 0.260 e. The number of phenolic OH excluding ortho intramolecular Hbond substituents is 1. The van der Waals surface area contributed by atoms with Gasteiger partial charge in [0.25, 0.3) is 5.91 Å². The number of amides is 1. The molecule has 0 radical (unpaired) electrons. The lowest BCUT2D eigenvalue weighted by molar-refractivity contribution is -0.116. The number of hydrogen-bond acceptors (Lipinski definition) is 4. The Labute approximate surface area is 160 Å². The molecule has 1 aliphatic heterocycles. The molecular formula is C18H16Cl2N2O2S. The number of halogens is 2.